The van der Waals surface area contributed by atoms with Crippen LogP contribution in [0.1, 0.15) is 54.4 Å². The van der Waals surface area contributed by atoms with Crippen LogP contribution in [0.5, 0.6) is 0 Å². The summed E-state index contributed by atoms with van der Waals surface area (Å²) in [7, 11) is 0. The minimum Gasteiger partial charge on any atom is -0.369 e. The van der Waals surface area contributed by atoms with Crippen molar-refractivity contribution in [3.05, 3.63) is 63.7 Å². The van der Waals surface area contributed by atoms with E-state index in [1.807, 2.05) is 19.9 Å². The number of anilines is 1. The summed E-state index contributed by atoms with van der Waals surface area (Å²) in [6.45, 7) is 3.67. The predicted molar refractivity (Wildman–Crippen MR) is 145 cm³/mol. The lowest BCUT2D eigenvalue weighted by atomic mass is 9.83. The third kappa shape index (κ3) is 8.94. The third-order valence-corrected chi connectivity index (χ3v) is 7.01. The highest BCUT2D eigenvalue weighted by atomic mass is 35.5. The zero-order valence-electron chi connectivity index (χ0n) is 22.6. The molecule has 3 amide bonds. The normalized spacial score (nSPS) is 16.9. The van der Waals surface area contributed by atoms with Gasteiger partial charge in [0.2, 0.25) is 18.0 Å². The molecule has 7 nitrogen and oxygen atoms in total. The average molecular weight is 619 g/mol. The second-order valence-corrected chi connectivity index (χ2v) is 10.6. The number of fused-ring (bicyclic) bond motifs is 1. The third-order valence-electron chi connectivity index (χ3n) is 6.70. The van der Waals surface area contributed by atoms with Crippen LogP contribution in [0.15, 0.2) is 41.4 Å². The second-order valence-electron chi connectivity index (χ2n) is 10.2. The number of carbonyl (C=O) groups is 3. The molecule has 3 rings (SSSR count). The summed E-state index contributed by atoms with van der Waals surface area (Å²) < 4.78 is 77.5. The predicted octanol–water partition coefficient (Wildman–Crippen LogP) is 5.98. The van der Waals surface area contributed by atoms with Crippen LogP contribution in [0, 0.1) is 25.7 Å². The number of aliphatic imine (C=N–C) groups is 1. The molecular formula is C28H29ClF6N4O3. The lowest BCUT2D eigenvalue weighted by molar-refractivity contribution is -0.147. The van der Waals surface area contributed by atoms with E-state index in [0.29, 0.717) is 11.1 Å². The number of benzodiazepines with no additional fused rings is 1. The number of para-hydroxylation sites is 1. The number of nitrogens with two attached hydrogens (primary N) is 1. The zero-order chi connectivity index (χ0) is 31.4. The first-order valence-electron chi connectivity index (χ1n) is 12.9. The fourth-order valence-corrected chi connectivity index (χ4v) is 5.10. The maximum absolute atomic E-state index is 13.4. The number of halogens is 7. The van der Waals surface area contributed by atoms with Crippen LogP contribution in [0.2, 0.25) is 5.02 Å². The van der Waals surface area contributed by atoms with Gasteiger partial charge in [-0.2, -0.15) is 26.3 Å². The van der Waals surface area contributed by atoms with Crippen molar-refractivity contribution in [3.8, 4) is 0 Å². The fraction of sp³-hybridized carbons (Fsp3) is 0.429. The Bertz CT molecular complexity index is 1360. The largest absolute Gasteiger partial charge is 0.389 e. The number of amides is 3. The Hall–Kier alpha value is -3.61. The van der Waals surface area contributed by atoms with Gasteiger partial charge >= 0.3 is 12.4 Å². The number of rotatable bonds is 10. The number of nitrogens with one attached hydrogen (secondary N) is 2. The Balaban J connectivity index is 2.02. The van der Waals surface area contributed by atoms with Gasteiger partial charge in [-0.25, -0.2) is 4.99 Å². The fourth-order valence-electron chi connectivity index (χ4n) is 4.88. The van der Waals surface area contributed by atoms with E-state index in [2.05, 4.69) is 15.6 Å². The highest BCUT2D eigenvalue weighted by molar-refractivity contribution is 6.36. The van der Waals surface area contributed by atoms with Gasteiger partial charge in [0.05, 0.1) is 16.4 Å². The highest BCUT2D eigenvalue weighted by Gasteiger charge is 2.39. The maximum atomic E-state index is 13.4. The molecule has 1 aliphatic heterocycles. The van der Waals surface area contributed by atoms with Gasteiger partial charge in [0.15, 0.2) is 0 Å². The second kappa shape index (κ2) is 13.1. The molecule has 3 atom stereocenters. The van der Waals surface area contributed by atoms with Crippen molar-refractivity contribution < 1.29 is 40.7 Å². The number of alkyl halides is 6. The molecule has 2 aromatic rings. The number of hydrogen-bond acceptors (Lipinski definition) is 4. The van der Waals surface area contributed by atoms with Crippen LogP contribution in [0.3, 0.4) is 0 Å². The molecule has 4 N–H and O–H groups in total. The Morgan fingerprint density at radius 2 is 1.62 bits per heavy atom. The van der Waals surface area contributed by atoms with Gasteiger partial charge in [-0.15, -0.1) is 0 Å². The summed E-state index contributed by atoms with van der Waals surface area (Å²) in [6.07, 6.45) is -16.0. The smallest absolute Gasteiger partial charge is 0.369 e. The monoisotopic (exact) mass is 618 g/mol. The number of benzene rings is 2. The first kappa shape index (κ1) is 32.9. The zero-order valence-corrected chi connectivity index (χ0v) is 23.4. The van der Waals surface area contributed by atoms with E-state index in [1.165, 1.54) is 6.07 Å². The lowest BCUT2D eigenvalue weighted by Crippen LogP contribution is -2.48. The van der Waals surface area contributed by atoms with Crippen molar-refractivity contribution in [3.63, 3.8) is 0 Å². The number of primary amides is 1. The molecule has 228 valence electrons. The molecule has 0 aromatic heterocycles. The molecule has 0 spiro atoms. The molecule has 0 aliphatic carbocycles. The van der Waals surface area contributed by atoms with Crippen molar-refractivity contribution in [2.75, 3.05) is 5.32 Å². The molecule has 0 unspecified atom stereocenters. The van der Waals surface area contributed by atoms with Gasteiger partial charge in [-0.3, -0.25) is 14.4 Å². The quantitative estimate of drug-likeness (QED) is 0.285. The van der Waals surface area contributed by atoms with Crippen LogP contribution in [0.25, 0.3) is 0 Å². The van der Waals surface area contributed by atoms with Crippen molar-refractivity contribution >= 4 is 40.7 Å². The van der Waals surface area contributed by atoms with E-state index in [4.69, 9.17) is 17.3 Å². The Morgan fingerprint density at radius 1 is 1.00 bits per heavy atom. The van der Waals surface area contributed by atoms with Crippen LogP contribution < -0.4 is 16.4 Å². The minimum atomic E-state index is -4.74. The SMILES string of the molecule is Cc1cc(C)cc(C2=N[C@H](NC(=O)[C@H](CCC(F)(F)F)[C@H](CCCC(F)(F)F)C(N)=O)C(=O)Nc3c(Cl)cccc32)c1. The van der Waals surface area contributed by atoms with Crippen LogP contribution in [-0.2, 0) is 14.4 Å². The minimum absolute atomic E-state index is 0.159. The van der Waals surface area contributed by atoms with E-state index in [0.717, 1.165) is 11.1 Å². The number of nitrogens with zero attached hydrogens (tertiary/aromatic N) is 1. The van der Waals surface area contributed by atoms with E-state index in [1.54, 1.807) is 24.3 Å². The summed E-state index contributed by atoms with van der Waals surface area (Å²) in [5.74, 6) is -6.73. The summed E-state index contributed by atoms with van der Waals surface area (Å²) in [4.78, 5) is 43.2. The van der Waals surface area contributed by atoms with E-state index in [-0.39, 0.29) is 16.4 Å². The highest BCUT2D eigenvalue weighted by Crippen LogP contribution is 2.33. The molecule has 0 saturated carbocycles. The number of hydrogen-bond donors (Lipinski definition) is 3. The van der Waals surface area contributed by atoms with Gasteiger partial charge in [0.1, 0.15) is 0 Å². The Labute approximate surface area is 242 Å². The van der Waals surface area contributed by atoms with Crippen LogP contribution >= 0.6 is 11.6 Å². The standard InChI is InChI=1S/C28H29ClF6N4O3/c1-14-11-15(2)13-16(12-14)21-19-5-3-7-20(29)22(19)38-26(42)24(37-21)39-25(41)18(8-10-28(33,34)35)17(23(36)40)6-4-9-27(30,31)32/h3,5,7,11-13,17-18,24H,4,6,8-10H2,1-2H3,(H2,36,40)(H,38,42)(H,39,41)/t17-,18+,24+/m0/s1. The Morgan fingerprint density at radius 3 is 2.19 bits per heavy atom. The van der Waals surface area contributed by atoms with Crippen molar-refractivity contribution in [2.24, 2.45) is 22.6 Å². The Kier molecular flexibility index (Phi) is 10.3. The molecule has 42 heavy (non-hydrogen) atoms. The first-order valence-corrected chi connectivity index (χ1v) is 13.3. The molecule has 14 heteroatoms. The topological polar surface area (TPSA) is 114 Å². The number of carbonyl (C=O) groups excluding carboxylic acids is 3. The molecule has 1 aliphatic rings. The molecule has 0 radical (unpaired) electrons. The summed E-state index contributed by atoms with van der Waals surface area (Å²) >= 11 is 6.35. The summed E-state index contributed by atoms with van der Waals surface area (Å²) in [5.41, 5.74) is 8.46. The molecule has 0 saturated heterocycles. The molecule has 0 bridgehead atoms. The van der Waals surface area contributed by atoms with E-state index < -0.39 is 80.2 Å². The van der Waals surface area contributed by atoms with Gasteiger partial charge in [0, 0.05) is 35.8 Å². The van der Waals surface area contributed by atoms with Crippen LogP contribution in [0.4, 0.5) is 32.0 Å². The van der Waals surface area contributed by atoms with E-state index in [9.17, 15) is 40.7 Å². The van der Waals surface area contributed by atoms with Crippen molar-refractivity contribution in [1.82, 2.24) is 5.32 Å². The lowest BCUT2D eigenvalue weighted by Gasteiger charge is -2.26. The van der Waals surface area contributed by atoms with Crippen LogP contribution in [-0.4, -0.2) is 42.0 Å². The number of aryl methyl sites for hydroxylation is 2. The first-order chi connectivity index (χ1) is 19.4. The average Bonchev–Trinajstić information content (AvgIpc) is 2.98. The van der Waals surface area contributed by atoms with Crippen molar-refractivity contribution in [2.45, 2.75) is 64.5 Å². The molecule has 2 aromatic carbocycles. The maximum Gasteiger partial charge on any atom is 0.389 e. The summed E-state index contributed by atoms with van der Waals surface area (Å²) in [5, 5.41) is 5.03. The molecule has 1 heterocycles. The van der Waals surface area contributed by atoms with Gasteiger partial charge < -0.3 is 16.4 Å². The summed E-state index contributed by atoms with van der Waals surface area (Å²) in [6, 6.07) is 10.2. The van der Waals surface area contributed by atoms with Gasteiger partial charge in [-0.05, 0) is 51.3 Å². The van der Waals surface area contributed by atoms with Gasteiger partial charge in [-0.1, -0.05) is 40.9 Å². The van der Waals surface area contributed by atoms with E-state index >= 15 is 0 Å². The van der Waals surface area contributed by atoms with Gasteiger partial charge in [0.25, 0.3) is 5.91 Å². The molecule has 0 fully saturated rings. The molecular weight excluding hydrogens is 590 g/mol. The van der Waals surface area contributed by atoms with Crippen molar-refractivity contribution in [1.29, 1.82) is 0 Å².